The molecule has 0 radical (unpaired) electrons. The van der Waals surface area contributed by atoms with Crippen molar-refractivity contribution >= 4 is 22.9 Å². The van der Waals surface area contributed by atoms with Crippen LogP contribution in [-0.2, 0) is 9.53 Å². The minimum absolute atomic E-state index is 0.266. The second-order valence-corrected chi connectivity index (χ2v) is 5.62. The molecule has 26 heavy (non-hydrogen) atoms. The van der Waals surface area contributed by atoms with E-state index in [4.69, 9.17) is 9.47 Å². The van der Waals surface area contributed by atoms with E-state index in [1.54, 1.807) is 50.4 Å². The van der Waals surface area contributed by atoms with E-state index in [2.05, 4.69) is 9.97 Å². The molecule has 6 heteroatoms. The number of carbonyl (C=O) groups excluding carboxylic acids is 1. The van der Waals surface area contributed by atoms with E-state index in [0.29, 0.717) is 22.5 Å². The molecule has 132 valence electrons. The number of carbonyl (C=O) groups is 1. The van der Waals surface area contributed by atoms with Gasteiger partial charge in [-0.15, -0.1) is 0 Å². The smallest absolute Gasteiger partial charge is 0.331 e. The molecule has 0 spiro atoms. The molecule has 0 unspecified atom stereocenters. The van der Waals surface area contributed by atoms with Crippen molar-refractivity contribution in [3.63, 3.8) is 0 Å². The van der Waals surface area contributed by atoms with Crippen LogP contribution < -0.4 is 10.3 Å². The standard InChI is InChI=1S/C20H18N2O4/c1-13(19-21-16-9-5-4-8-15(16)20(24)22-19)26-18(23)12-11-14-7-3-6-10-17(14)25-2/h3-13H,1-2H3,(H,21,22,24)/b12-11+/t13-/m0/s1. The first-order valence-electron chi connectivity index (χ1n) is 8.09. The van der Waals surface area contributed by atoms with E-state index in [1.807, 2.05) is 18.2 Å². The molecule has 0 aliphatic heterocycles. The Balaban J connectivity index is 1.75. The highest BCUT2D eigenvalue weighted by Crippen LogP contribution is 2.19. The molecule has 0 amide bonds. The first-order chi connectivity index (χ1) is 12.6. The van der Waals surface area contributed by atoms with Gasteiger partial charge in [0.1, 0.15) is 5.75 Å². The van der Waals surface area contributed by atoms with Gasteiger partial charge in [0.25, 0.3) is 5.56 Å². The Bertz CT molecular complexity index is 1020. The van der Waals surface area contributed by atoms with Gasteiger partial charge in [-0.2, -0.15) is 0 Å². The third-order valence-corrected chi connectivity index (χ3v) is 3.85. The zero-order valence-corrected chi connectivity index (χ0v) is 14.4. The number of aromatic amines is 1. The van der Waals surface area contributed by atoms with Gasteiger partial charge >= 0.3 is 5.97 Å². The Hall–Kier alpha value is -3.41. The number of benzene rings is 2. The van der Waals surface area contributed by atoms with Crippen LogP contribution in [0.25, 0.3) is 17.0 Å². The molecule has 6 nitrogen and oxygen atoms in total. The normalized spacial score (nSPS) is 12.2. The lowest BCUT2D eigenvalue weighted by atomic mass is 10.2. The van der Waals surface area contributed by atoms with E-state index in [0.717, 1.165) is 5.56 Å². The molecule has 0 saturated heterocycles. The molecule has 0 saturated carbocycles. The molecule has 0 fully saturated rings. The minimum atomic E-state index is -0.692. The van der Waals surface area contributed by atoms with Crippen molar-refractivity contribution in [3.8, 4) is 5.75 Å². The van der Waals surface area contributed by atoms with Crippen molar-refractivity contribution in [1.82, 2.24) is 9.97 Å². The lowest BCUT2D eigenvalue weighted by Crippen LogP contribution is -2.16. The molecular formula is C20H18N2O4. The van der Waals surface area contributed by atoms with Crippen molar-refractivity contribution in [1.29, 1.82) is 0 Å². The van der Waals surface area contributed by atoms with Gasteiger partial charge in [0, 0.05) is 11.6 Å². The second kappa shape index (κ2) is 7.65. The van der Waals surface area contributed by atoms with Crippen molar-refractivity contribution in [2.75, 3.05) is 7.11 Å². The molecule has 1 N–H and O–H groups in total. The monoisotopic (exact) mass is 350 g/mol. The predicted molar refractivity (Wildman–Crippen MR) is 98.9 cm³/mol. The third-order valence-electron chi connectivity index (χ3n) is 3.85. The highest BCUT2D eigenvalue weighted by molar-refractivity contribution is 5.87. The van der Waals surface area contributed by atoms with Gasteiger partial charge in [0.2, 0.25) is 0 Å². The Morgan fingerprint density at radius 1 is 1.15 bits per heavy atom. The molecule has 1 heterocycles. The molecule has 0 aliphatic carbocycles. The van der Waals surface area contributed by atoms with Crippen molar-refractivity contribution in [3.05, 3.63) is 76.3 Å². The van der Waals surface area contributed by atoms with Gasteiger partial charge in [-0.1, -0.05) is 30.3 Å². The summed E-state index contributed by atoms with van der Waals surface area (Å²) >= 11 is 0. The largest absolute Gasteiger partial charge is 0.496 e. The highest BCUT2D eigenvalue weighted by atomic mass is 16.5. The number of aromatic nitrogens is 2. The van der Waals surface area contributed by atoms with Crippen LogP contribution in [0.5, 0.6) is 5.75 Å². The van der Waals surface area contributed by atoms with Crippen LogP contribution >= 0.6 is 0 Å². The van der Waals surface area contributed by atoms with E-state index >= 15 is 0 Å². The number of rotatable bonds is 5. The lowest BCUT2D eigenvalue weighted by molar-refractivity contribution is -0.142. The number of hydrogen-bond donors (Lipinski definition) is 1. The molecule has 2 aromatic carbocycles. The number of H-pyrrole nitrogens is 1. The van der Waals surface area contributed by atoms with Gasteiger partial charge < -0.3 is 14.5 Å². The number of nitrogens with zero attached hydrogens (tertiary/aromatic N) is 1. The van der Waals surface area contributed by atoms with Gasteiger partial charge in [-0.3, -0.25) is 4.79 Å². The summed E-state index contributed by atoms with van der Waals surface area (Å²) in [5, 5.41) is 0.492. The maximum absolute atomic E-state index is 12.1. The summed E-state index contributed by atoms with van der Waals surface area (Å²) in [4.78, 5) is 31.2. The minimum Gasteiger partial charge on any atom is -0.496 e. The summed E-state index contributed by atoms with van der Waals surface area (Å²) in [5.41, 5.74) is 1.05. The number of hydrogen-bond acceptors (Lipinski definition) is 5. The number of esters is 1. The fourth-order valence-electron chi connectivity index (χ4n) is 2.53. The Morgan fingerprint density at radius 3 is 2.69 bits per heavy atom. The lowest BCUT2D eigenvalue weighted by Gasteiger charge is -2.11. The molecule has 0 aliphatic rings. The maximum Gasteiger partial charge on any atom is 0.331 e. The Kier molecular flexibility index (Phi) is 5.12. The van der Waals surface area contributed by atoms with Crippen molar-refractivity contribution in [2.45, 2.75) is 13.0 Å². The van der Waals surface area contributed by atoms with Gasteiger partial charge in [-0.05, 0) is 31.2 Å². The number of fused-ring (bicyclic) bond motifs is 1. The van der Waals surface area contributed by atoms with Crippen LogP contribution in [0.4, 0.5) is 0 Å². The zero-order valence-electron chi connectivity index (χ0n) is 14.4. The first kappa shape index (κ1) is 17.4. The van der Waals surface area contributed by atoms with Crippen LogP contribution in [0.1, 0.15) is 24.4 Å². The number of ether oxygens (including phenoxy) is 2. The summed E-state index contributed by atoms with van der Waals surface area (Å²) in [5.74, 6) is 0.414. The third kappa shape index (κ3) is 3.80. The second-order valence-electron chi connectivity index (χ2n) is 5.62. The summed E-state index contributed by atoms with van der Waals surface area (Å²) in [6, 6.07) is 14.3. The van der Waals surface area contributed by atoms with Crippen molar-refractivity contribution < 1.29 is 14.3 Å². The fourth-order valence-corrected chi connectivity index (χ4v) is 2.53. The van der Waals surface area contributed by atoms with Gasteiger partial charge in [-0.25, -0.2) is 9.78 Å². The summed E-state index contributed by atoms with van der Waals surface area (Å²) in [6.07, 6.45) is 2.24. The van der Waals surface area contributed by atoms with Crippen LogP contribution in [0, 0.1) is 0 Å². The predicted octanol–water partition coefficient (Wildman–Crippen LogP) is 3.25. The van der Waals surface area contributed by atoms with Gasteiger partial charge in [0.05, 0.1) is 18.0 Å². The first-order valence-corrected chi connectivity index (χ1v) is 8.09. The molecule has 0 bridgehead atoms. The van der Waals surface area contributed by atoms with Crippen LogP contribution in [0.2, 0.25) is 0 Å². The average molecular weight is 350 g/mol. The van der Waals surface area contributed by atoms with Crippen molar-refractivity contribution in [2.24, 2.45) is 0 Å². The molecule has 1 aromatic heterocycles. The zero-order chi connectivity index (χ0) is 18.5. The van der Waals surface area contributed by atoms with E-state index in [9.17, 15) is 9.59 Å². The molecule has 3 rings (SSSR count). The fraction of sp³-hybridized carbons (Fsp3) is 0.150. The number of methoxy groups -OCH3 is 1. The highest BCUT2D eigenvalue weighted by Gasteiger charge is 2.14. The van der Waals surface area contributed by atoms with Crippen LogP contribution in [-0.4, -0.2) is 23.0 Å². The number of nitrogens with one attached hydrogen (secondary N) is 1. The Labute approximate surface area is 150 Å². The molecule has 3 aromatic rings. The van der Waals surface area contributed by atoms with Crippen LogP contribution in [0.15, 0.2) is 59.4 Å². The Morgan fingerprint density at radius 2 is 1.88 bits per heavy atom. The average Bonchev–Trinajstić information content (AvgIpc) is 2.66. The topological polar surface area (TPSA) is 81.3 Å². The molecular weight excluding hydrogens is 332 g/mol. The van der Waals surface area contributed by atoms with E-state index in [-0.39, 0.29) is 5.56 Å². The van der Waals surface area contributed by atoms with Crippen LogP contribution in [0.3, 0.4) is 0 Å². The molecule has 1 atom stereocenters. The maximum atomic E-state index is 12.1. The van der Waals surface area contributed by atoms with E-state index < -0.39 is 12.1 Å². The van der Waals surface area contributed by atoms with Gasteiger partial charge in [0.15, 0.2) is 11.9 Å². The summed E-state index contributed by atoms with van der Waals surface area (Å²) in [7, 11) is 1.56. The SMILES string of the molecule is COc1ccccc1/C=C/C(=O)O[C@@H](C)c1nc2ccccc2c(=O)[nH]1. The van der Waals surface area contributed by atoms with E-state index in [1.165, 1.54) is 6.08 Å². The summed E-state index contributed by atoms with van der Waals surface area (Å²) < 4.78 is 10.6. The number of para-hydroxylation sites is 2. The summed E-state index contributed by atoms with van der Waals surface area (Å²) in [6.45, 7) is 1.65. The quantitative estimate of drug-likeness (QED) is 0.564.